The van der Waals surface area contributed by atoms with Gasteiger partial charge in [-0.3, -0.25) is 24.6 Å². The fourth-order valence-electron chi connectivity index (χ4n) is 2.55. The average molecular weight is 435 g/mol. The van der Waals surface area contributed by atoms with Crippen molar-refractivity contribution >= 4 is 58.0 Å². The summed E-state index contributed by atoms with van der Waals surface area (Å²) in [6.07, 6.45) is 2.19. The second-order valence-corrected chi connectivity index (χ2v) is 8.42. The van der Waals surface area contributed by atoms with E-state index >= 15 is 0 Å². The number of imide groups is 1. The fraction of sp³-hybridized carbons (Fsp3) is 0.158. The van der Waals surface area contributed by atoms with Crippen LogP contribution in [-0.2, 0) is 4.79 Å². The van der Waals surface area contributed by atoms with Crippen LogP contribution >= 0.6 is 35.1 Å². The van der Waals surface area contributed by atoms with Crippen LogP contribution in [0, 0.1) is 10.1 Å². The molecule has 0 N–H and O–H groups in total. The smallest absolute Gasteiger partial charge is 0.268 e. The van der Waals surface area contributed by atoms with Crippen LogP contribution in [0.15, 0.2) is 57.2 Å². The maximum Gasteiger partial charge on any atom is 0.293 e. The van der Waals surface area contributed by atoms with E-state index in [4.69, 9.17) is 11.6 Å². The van der Waals surface area contributed by atoms with Crippen molar-refractivity contribution in [3.63, 3.8) is 0 Å². The maximum atomic E-state index is 12.3. The van der Waals surface area contributed by atoms with Gasteiger partial charge in [0.1, 0.15) is 0 Å². The number of nitrogens with zero attached hydrogens (tertiary/aromatic N) is 2. The second kappa shape index (κ2) is 8.81. The molecule has 0 saturated carbocycles. The predicted octanol–water partition coefficient (Wildman–Crippen LogP) is 5.85. The summed E-state index contributed by atoms with van der Waals surface area (Å²) in [5.41, 5.74) is 0.427. The Morgan fingerprint density at radius 2 is 1.93 bits per heavy atom. The zero-order valence-electron chi connectivity index (χ0n) is 14.8. The number of amides is 2. The van der Waals surface area contributed by atoms with Crippen LogP contribution in [0.1, 0.15) is 18.9 Å². The van der Waals surface area contributed by atoms with Gasteiger partial charge in [0, 0.05) is 22.5 Å². The van der Waals surface area contributed by atoms with E-state index in [1.165, 1.54) is 28.8 Å². The SMILES string of the molecule is CCCN1C(=O)S/C(=C\c2ccc(Sc3ccc(Cl)cc3)c([N+](=O)[O-])c2)C1=O. The molecule has 1 aliphatic heterocycles. The lowest BCUT2D eigenvalue weighted by Crippen LogP contribution is -2.28. The highest BCUT2D eigenvalue weighted by Crippen LogP contribution is 2.37. The molecule has 2 aromatic carbocycles. The topological polar surface area (TPSA) is 80.5 Å². The first-order valence-electron chi connectivity index (χ1n) is 8.36. The normalized spacial score (nSPS) is 15.5. The first kappa shape index (κ1) is 20.4. The minimum atomic E-state index is -0.460. The van der Waals surface area contributed by atoms with Gasteiger partial charge in [0.25, 0.3) is 16.8 Å². The third-order valence-electron chi connectivity index (χ3n) is 3.84. The predicted molar refractivity (Wildman–Crippen MR) is 112 cm³/mol. The molecule has 1 heterocycles. The Labute approximate surface area is 175 Å². The molecule has 28 heavy (non-hydrogen) atoms. The molecule has 0 bridgehead atoms. The highest BCUT2D eigenvalue weighted by atomic mass is 35.5. The van der Waals surface area contributed by atoms with E-state index in [-0.39, 0.29) is 21.7 Å². The van der Waals surface area contributed by atoms with Crippen molar-refractivity contribution in [1.29, 1.82) is 0 Å². The van der Waals surface area contributed by atoms with Crippen molar-refractivity contribution in [3.8, 4) is 0 Å². The summed E-state index contributed by atoms with van der Waals surface area (Å²) in [4.78, 5) is 38.1. The number of nitro benzene ring substituents is 1. The summed E-state index contributed by atoms with van der Waals surface area (Å²) < 4.78 is 0. The molecule has 1 fully saturated rings. The van der Waals surface area contributed by atoms with Gasteiger partial charge in [0.05, 0.1) is 14.7 Å². The number of halogens is 1. The van der Waals surface area contributed by atoms with Gasteiger partial charge < -0.3 is 0 Å². The fourth-order valence-corrected chi connectivity index (χ4v) is 4.44. The molecular formula is C19H15ClN2O4S2. The third kappa shape index (κ3) is 4.57. The zero-order valence-corrected chi connectivity index (χ0v) is 17.1. The van der Waals surface area contributed by atoms with Gasteiger partial charge in [-0.2, -0.15) is 0 Å². The summed E-state index contributed by atoms with van der Waals surface area (Å²) in [5, 5.41) is 11.8. The molecule has 2 aromatic rings. The number of thioether (sulfide) groups is 1. The van der Waals surface area contributed by atoms with Gasteiger partial charge in [-0.1, -0.05) is 36.4 Å². The molecule has 0 aromatic heterocycles. The average Bonchev–Trinajstić information content (AvgIpc) is 2.92. The molecular weight excluding hydrogens is 420 g/mol. The molecule has 0 spiro atoms. The Morgan fingerprint density at radius 3 is 2.57 bits per heavy atom. The molecule has 0 aliphatic carbocycles. The second-order valence-electron chi connectivity index (χ2n) is 5.87. The van der Waals surface area contributed by atoms with Gasteiger partial charge in [-0.15, -0.1) is 0 Å². The number of hydrogen-bond acceptors (Lipinski definition) is 6. The van der Waals surface area contributed by atoms with Crippen LogP contribution < -0.4 is 0 Å². The van der Waals surface area contributed by atoms with E-state index in [1.54, 1.807) is 36.4 Å². The van der Waals surface area contributed by atoms with Crippen molar-refractivity contribution in [3.05, 3.63) is 68.1 Å². The summed E-state index contributed by atoms with van der Waals surface area (Å²) in [5.74, 6) is -0.362. The monoisotopic (exact) mass is 434 g/mol. The maximum absolute atomic E-state index is 12.3. The number of carbonyl (C=O) groups is 2. The summed E-state index contributed by atoms with van der Waals surface area (Å²) in [6.45, 7) is 2.24. The van der Waals surface area contributed by atoms with E-state index < -0.39 is 4.92 Å². The van der Waals surface area contributed by atoms with Crippen molar-refractivity contribution in [2.45, 2.75) is 23.1 Å². The van der Waals surface area contributed by atoms with Crippen LogP contribution in [0.25, 0.3) is 6.08 Å². The van der Waals surface area contributed by atoms with E-state index in [9.17, 15) is 19.7 Å². The molecule has 0 atom stereocenters. The van der Waals surface area contributed by atoms with Crippen LogP contribution in [0.4, 0.5) is 10.5 Å². The lowest BCUT2D eigenvalue weighted by atomic mass is 10.2. The molecule has 3 rings (SSSR count). The highest BCUT2D eigenvalue weighted by Gasteiger charge is 2.34. The molecule has 9 heteroatoms. The van der Waals surface area contributed by atoms with Crippen LogP contribution in [-0.4, -0.2) is 27.5 Å². The van der Waals surface area contributed by atoms with Gasteiger partial charge >= 0.3 is 0 Å². The first-order chi connectivity index (χ1) is 13.4. The summed E-state index contributed by atoms with van der Waals surface area (Å²) in [6, 6.07) is 11.8. The quantitative estimate of drug-likeness (QED) is 0.322. The summed E-state index contributed by atoms with van der Waals surface area (Å²) in [7, 11) is 0. The van der Waals surface area contributed by atoms with Gasteiger partial charge in [-0.25, -0.2) is 0 Å². The van der Waals surface area contributed by atoms with Crippen LogP contribution in [0.3, 0.4) is 0 Å². The molecule has 6 nitrogen and oxygen atoms in total. The van der Waals surface area contributed by atoms with Gasteiger partial charge in [0.15, 0.2) is 0 Å². The van der Waals surface area contributed by atoms with Crippen molar-refractivity contribution in [1.82, 2.24) is 4.90 Å². The number of nitro groups is 1. The van der Waals surface area contributed by atoms with Crippen molar-refractivity contribution in [2.75, 3.05) is 6.54 Å². The van der Waals surface area contributed by atoms with E-state index in [0.717, 1.165) is 16.7 Å². The molecule has 0 radical (unpaired) electrons. The molecule has 144 valence electrons. The van der Waals surface area contributed by atoms with E-state index in [1.807, 2.05) is 6.92 Å². The highest BCUT2D eigenvalue weighted by molar-refractivity contribution is 8.18. The minimum Gasteiger partial charge on any atom is -0.268 e. The third-order valence-corrected chi connectivity index (χ3v) is 6.07. The minimum absolute atomic E-state index is 0.0681. The zero-order chi connectivity index (χ0) is 20.3. The summed E-state index contributed by atoms with van der Waals surface area (Å²) >= 11 is 7.97. The standard InChI is InChI=1S/C19H15ClN2O4S2/c1-2-9-21-18(23)17(28-19(21)24)11-12-3-8-16(15(10-12)22(25)26)27-14-6-4-13(20)5-7-14/h3-8,10-11H,2,9H2,1H3/b17-11-. The van der Waals surface area contributed by atoms with E-state index in [2.05, 4.69) is 0 Å². The molecule has 2 amide bonds. The van der Waals surface area contributed by atoms with E-state index in [0.29, 0.717) is 28.4 Å². The Kier molecular flexibility index (Phi) is 6.43. The number of carbonyl (C=O) groups excluding carboxylic acids is 2. The van der Waals surface area contributed by atoms with Crippen LogP contribution in [0.5, 0.6) is 0 Å². The lowest BCUT2D eigenvalue weighted by Gasteiger charge is -2.09. The largest absolute Gasteiger partial charge is 0.293 e. The Bertz CT molecular complexity index is 976. The Balaban J connectivity index is 1.89. The first-order valence-corrected chi connectivity index (χ1v) is 10.4. The van der Waals surface area contributed by atoms with Crippen molar-refractivity contribution < 1.29 is 14.5 Å². The van der Waals surface area contributed by atoms with Gasteiger partial charge in [-0.05, 0) is 60.2 Å². The Morgan fingerprint density at radius 1 is 1.21 bits per heavy atom. The molecule has 1 saturated heterocycles. The van der Waals surface area contributed by atoms with Crippen molar-refractivity contribution in [2.24, 2.45) is 0 Å². The number of rotatable bonds is 6. The van der Waals surface area contributed by atoms with Crippen LogP contribution in [0.2, 0.25) is 5.02 Å². The molecule has 0 unspecified atom stereocenters. The number of hydrogen-bond donors (Lipinski definition) is 0. The lowest BCUT2D eigenvalue weighted by molar-refractivity contribution is -0.387. The Hall–Kier alpha value is -2.29. The number of benzene rings is 2. The molecule has 1 aliphatic rings. The van der Waals surface area contributed by atoms with Gasteiger partial charge in [0.2, 0.25) is 0 Å².